The third-order valence-electron chi connectivity index (χ3n) is 4.51. The van der Waals surface area contributed by atoms with Crippen LogP contribution < -0.4 is 0 Å². The summed E-state index contributed by atoms with van der Waals surface area (Å²) in [4.78, 5) is 4.20. The van der Waals surface area contributed by atoms with E-state index < -0.39 is 6.43 Å². The highest BCUT2D eigenvalue weighted by molar-refractivity contribution is 5.83. The summed E-state index contributed by atoms with van der Waals surface area (Å²) in [5, 5.41) is 5.86. The molecular formula is C18H17F2N3O. The van der Waals surface area contributed by atoms with Crippen LogP contribution in [0, 0.1) is 0 Å². The molecule has 3 heterocycles. The molecule has 2 aromatic heterocycles. The van der Waals surface area contributed by atoms with Crippen LogP contribution in [0.2, 0.25) is 0 Å². The number of hydrogen-bond acceptors (Lipinski definition) is 3. The third-order valence-corrected chi connectivity index (χ3v) is 4.51. The van der Waals surface area contributed by atoms with Crippen molar-refractivity contribution >= 4 is 10.9 Å². The van der Waals surface area contributed by atoms with E-state index >= 15 is 0 Å². The normalized spacial score (nSPS) is 16.1. The second kappa shape index (κ2) is 6.28. The van der Waals surface area contributed by atoms with Crippen LogP contribution in [0.25, 0.3) is 16.6 Å². The van der Waals surface area contributed by atoms with E-state index in [9.17, 15) is 8.78 Å². The minimum absolute atomic E-state index is 0.0120. The monoisotopic (exact) mass is 329 g/mol. The van der Waals surface area contributed by atoms with E-state index in [1.165, 1.54) is 12.1 Å². The van der Waals surface area contributed by atoms with Gasteiger partial charge in [0, 0.05) is 36.3 Å². The van der Waals surface area contributed by atoms with Gasteiger partial charge in [0.05, 0.1) is 23.1 Å². The van der Waals surface area contributed by atoms with E-state index in [1.54, 1.807) is 29.2 Å². The van der Waals surface area contributed by atoms with Crippen molar-refractivity contribution in [3.05, 3.63) is 54.0 Å². The van der Waals surface area contributed by atoms with Gasteiger partial charge in [-0.25, -0.2) is 13.5 Å². The lowest BCUT2D eigenvalue weighted by atomic mass is 9.95. The number of nitrogens with zero attached hydrogens (tertiary/aromatic N) is 3. The SMILES string of the molecule is FC(F)c1ccc(-n2nc(C3CCOCC3)c3ccncc32)cc1. The zero-order valence-electron chi connectivity index (χ0n) is 13.0. The van der Waals surface area contributed by atoms with Crippen LogP contribution in [0.5, 0.6) is 0 Å². The number of aromatic nitrogens is 3. The molecule has 3 aromatic rings. The Hall–Kier alpha value is -2.34. The fourth-order valence-electron chi connectivity index (χ4n) is 3.22. The molecule has 1 aliphatic rings. The summed E-state index contributed by atoms with van der Waals surface area (Å²) >= 11 is 0. The van der Waals surface area contributed by atoms with Gasteiger partial charge in [-0.15, -0.1) is 0 Å². The van der Waals surface area contributed by atoms with Crippen LogP contribution in [0.15, 0.2) is 42.7 Å². The molecule has 0 amide bonds. The average molecular weight is 329 g/mol. The number of benzene rings is 1. The van der Waals surface area contributed by atoms with E-state index in [4.69, 9.17) is 9.84 Å². The third kappa shape index (κ3) is 2.67. The molecule has 0 atom stereocenters. The standard InChI is InChI=1S/C18H17F2N3O/c19-18(20)13-1-3-14(4-2-13)23-16-11-21-8-5-15(16)17(22-23)12-6-9-24-10-7-12/h1-5,8,11-12,18H,6-7,9-10H2. The Bertz CT molecular complexity index is 839. The van der Waals surface area contributed by atoms with Crippen LogP contribution >= 0.6 is 0 Å². The van der Waals surface area contributed by atoms with E-state index in [0.717, 1.165) is 48.3 Å². The first-order valence-corrected chi connectivity index (χ1v) is 8.03. The molecule has 0 unspecified atom stereocenters. The minimum Gasteiger partial charge on any atom is -0.381 e. The summed E-state index contributed by atoms with van der Waals surface area (Å²) in [6.45, 7) is 1.49. The molecule has 0 N–H and O–H groups in total. The van der Waals surface area contributed by atoms with E-state index in [1.807, 2.05) is 6.07 Å². The minimum atomic E-state index is -2.46. The second-order valence-corrected chi connectivity index (χ2v) is 5.97. The van der Waals surface area contributed by atoms with Gasteiger partial charge in [0.25, 0.3) is 6.43 Å². The maximum Gasteiger partial charge on any atom is 0.263 e. The Balaban J connectivity index is 1.80. The number of hydrogen-bond donors (Lipinski definition) is 0. The molecule has 1 aromatic carbocycles. The van der Waals surface area contributed by atoms with Gasteiger partial charge in [-0.2, -0.15) is 5.10 Å². The maximum absolute atomic E-state index is 12.8. The number of pyridine rings is 1. The van der Waals surface area contributed by atoms with Gasteiger partial charge >= 0.3 is 0 Å². The summed E-state index contributed by atoms with van der Waals surface area (Å²) in [6, 6.07) is 8.20. The molecule has 0 aliphatic carbocycles. The molecule has 4 rings (SSSR count). The fraction of sp³-hybridized carbons (Fsp3) is 0.333. The molecule has 24 heavy (non-hydrogen) atoms. The van der Waals surface area contributed by atoms with Crippen molar-refractivity contribution < 1.29 is 13.5 Å². The lowest BCUT2D eigenvalue weighted by Gasteiger charge is -2.20. The van der Waals surface area contributed by atoms with Crippen molar-refractivity contribution in [1.29, 1.82) is 0 Å². The van der Waals surface area contributed by atoms with Gasteiger partial charge in [-0.05, 0) is 31.0 Å². The van der Waals surface area contributed by atoms with Gasteiger partial charge in [0.2, 0.25) is 0 Å². The molecule has 124 valence electrons. The molecule has 4 nitrogen and oxygen atoms in total. The maximum atomic E-state index is 12.8. The first-order valence-electron chi connectivity index (χ1n) is 8.03. The lowest BCUT2D eigenvalue weighted by Crippen LogP contribution is -2.15. The summed E-state index contributed by atoms with van der Waals surface area (Å²) in [7, 11) is 0. The highest BCUT2D eigenvalue weighted by Crippen LogP contribution is 2.32. The molecule has 6 heteroatoms. The van der Waals surface area contributed by atoms with Crippen LogP contribution in [-0.4, -0.2) is 28.0 Å². The van der Waals surface area contributed by atoms with E-state index in [2.05, 4.69) is 4.98 Å². The highest BCUT2D eigenvalue weighted by atomic mass is 19.3. The van der Waals surface area contributed by atoms with Crippen molar-refractivity contribution in [3.63, 3.8) is 0 Å². The average Bonchev–Trinajstić information content (AvgIpc) is 3.02. The molecule has 0 spiro atoms. The quantitative estimate of drug-likeness (QED) is 0.721. The van der Waals surface area contributed by atoms with Gasteiger partial charge in [0.15, 0.2) is 0 Å². The largest absolute Gasteiger partial charge is 0.381 e. The number of halogens is 2. The lowest BCUT2D eigenvalue weighted by molar-refractivity contribution is 0.0847. The summed E-state index contributed by atoms with van der Waals surface area (Å²) < 4.78 is 32.8. The van der Waals surface area contributed by atoms with Crippen LogP contribution in [0.4, 0.5) is 8.78 Å². The Labute approximate surface area is 138 Å². The molecule has 0 radical (unpaired) electrons. The number of alkyl halides is 2. The highest BCUT2D eigenvalue weighted by Gasteiger charge is 2.23. The smallest absolute Gasteiger partial charge is 0.263 e. The first-order chi connectivity index (χ1) is 11.7. The number of rotatable bonds is 3. The zero-order valence-corrected chi connectivity index (χ0v) is 13.0. The van der Waals surface area contributed by atoms with Crippen molar-refractivity contribution in [2.24, 2.45) is 0 Å². The number of fused-ring (bicyclic) bond motifs is 1. The fourth-order valence-corrected chi connectivity index (χ4v) is 3.22. The van der Waals surface area contributed by atoms with Crippen molar-refractivity contribution in [2.75, 3.05) is 13.2 Å². The second-order valence-electron chi connectivity index (χ2n) is 5.97. The Kier molecular flexibility index (Phi) is 3.98. The van der Waals surface area contributed by atoms with Crippen molar-refractivity contribution in [2.45, 2.75) is 25.2 Å². The van der Waals surface area contributed by atoms with E-state index in [0.29, 0.717) is 5.92 Å². The van der Waals surface area contributed by atoms with Crippen LogP contribution in [0.1, 0.15) is 36.4 Å². The zero-order chi connectivity index (χ0) is 16.5. The summed E-state index contributed by atoms with van der Waals surface area (Å²) in [6.07, 6.45) is 2.95. The Morgan fingerprint density at radius 1 is 1.08 bits per heavy atom. The van der Waals surface area contributed by atoms with Crippen LogP contribution in [-0.2, 0) is 4.74 Å². The summed E-state index contributed by atoms with van der Waals surface area (Å²) in [5.41, 5.74) is 2.70. The van der Waals surface area contributed by atoms with Crippen molar-refractivity contribution in [3.8, 4) is 5.69 Å². The molecule has 1 fully saturated rings. The van der Waals surface area contributed by atoms with Gasteiger partial charge in [-0.3, -0.25) is 4.98 Å². The molecule has 0 bridgehead atoms. The Morgan fingerprint density at radius 3 is 2.54 bits per heavy atom. The van der Waals surface area contributed by atoms with Gasteiger partial charge in [0.1, 0.15) is 0 Å². The van der Waals surface area contributed by atoms with Gasteiger partial charge in [-0.1, -0.05) is 12.1 Å². The molecule has 0 saturated carbocycles. The van der Waals surface area contributed by atoms with Crippen molar-refractivity contribution in [1.82, 2.24) is 14.8 Å². The van der Waals surface area contributed by atoms with Crippen LogP contribution in [0.3, 0.4) is 0 Å². The molecule has 1 saturated heterocycles. The molecular weight excluding hydrogens is 312 g/mol. The van der Waals surface area contributed by atoms with Gasteiger partial charge < -0.3 is 4.74 Å². The molecule has 1 aliphatic heterocycles. The predicted molar refractivity (Wildman–Crippen MR) is 86.6 cm³/mol. The number of ether oxygens (including phenoxy) is 1. The first kappa shape index (κ1) is 15.2. The summed E-state index contributed by atoms with van der Waals surface area (Å²) in [5.74, 6) is 0.352. The Morgan fingerprint density at radius 2 is 1.83 bits per heavy atom. The predicted octanol–water partition coefficient (Wildman–Crippen LogP) is 4.25. The topological polar surface area (TPSA) is 39.9 Å². The van der Waals surface area contributed by atoms with E-state index in [-0.39, 0.29) is 5.56 Å².